The molecule has 1 aliphatic rings. The highest BCUT2D eigenvalue weighted by Crippen LogP contribution is 2.26. The zero-order valence-corrected chi connectivity index (χ0v) is 15.6. The lowest BCUT2D eigenvalue weighted by molar-refractivity contribution is -0.117. The molecule has 2 N–H and O–H groups in total. The van der Waals surface area contributed by atoms with Crippen molar-refractivity contribution in [2.45, 2.75) is 13.3 Å². The molecular weight excluding hydrogens is 356 g/mol. The van der Waals surface area contributed by atoms with Crippen LogP contribution in [0.2, 0.25) is 0 Å². The summed E-state index contributed by atoms with van der Waals surface area (Å²) in [5.41, 5.74) is 1.68. The quantitative estimate of drug-likeness (QED) is 0.807. The average molecular weight is 378 g/mol. The summed E-state index contributed by atoms with van der Waals surface area (Å²) in [4.78, 5) is 26.2. The fourth-order valence-electron chi connectivity index (χ4n) is 3.15. The van der Waals surface area contributed by atoms with Crippen LogP contribution in [-0.2, 0) is 4.79 Å². The largest absolute Gasteiger partial charge is 0.494 e. The molecule has 0 aliphatic carbocycles. The Bertz CT molecular complexity index is 889. The number of hydrogen-bond acceptors (Lipinski definition) is 4. The Morgan fingerprint density at radius 3 is 2.71 bits per heavy atom. The number of carbonyl (C=O) groups excluding carboxylic acids is 2. The van der Waals surface area contributed by atoms with Gasteiger partial charge in [0.05, 0.1) is 17.9 Å². The van der Waals surface area contributed by atoms with Gasteiger partial charge in [0, 0.05) is 31.1 Å². The lowest BCUT2D eigenvalue weighted by Crippen LogP contribution is -2.34. The van der Waals surface area contributed by atoms with Crippen molar-refractivity contribution in [3.8, 4) is 11.8 Å². The molecule has 2 aromatic carbocycles. The van der Waals surface area contributed by atoms with Gasteiger partial charge in [-0.05, 0) is 43.3 Å². The van der Waals surface area contributed by atoms with Gasteiger partial charge in [0.2, 0.25) is 5.91 Å². The van der Waals surface area contributed by atoms with Gasteiger partial charge in [0.15, 0.2) is 0 Å². The molecule has 144 valence electrons. The maximum atomic E-state index is 12.3. The highest BCUT2D eigenvalue weighted by molar-refractivity contribution is 5.96. The van der Waals surface area contributed by atoms with Gasteiger partial charge in [0.25, 0.3) is 0 Å². The monoisotopic (exact) mass is 378 g/mol. The lowest BCUT2D eigenvalue weighted by atomic mass is 10.1. The van der Waals surface area contributed by atoms with Gasteiger partial charge < -0.3 is 20.3 Å². The van der Waals surface area contributed by atoms with E-state index in [0.29, 0.717) is 37.4 Å². The second-order valence-electron chi connectivity index (χ2n) is 6.49. The van der Waals surface area contributed by atoms with Crippen LogP contribution < -0.4 is 20.3 Å². The molecule has 7 nitrogen and oxygen atoms in total. The molecule has 7 heteroatoms. The van der Waals surface area contributed by atoms with E-state index in [9.17, 15) is 9.59 Å². The van der Waals surface area contributed by atoms with E-state index in [1.54, 1.807) is 29.2 Å². The van der Waals surface area contributed by atoms with Crippen LogP contribution >= 0.6 is 0 Å². The molecule has 0 spiro atoms. The van der Waals surface area contributed by atoms with Crippen molar-refractivity contribution in [3.63, 3.8) is 0 Å². The van der Waals surface area contributed by atoms with Crippen molar-refractivity contribution in [3.05, 3.63) is 54.1 Å². The molecule has 0 bridgehead atoms. The number of amides is 3. The number of anilines is 2. The molecule has 28 heavy (non-hydrogen) atoms. The van der Waals surface area contributed by atoms with Crippen LogP contribution in [-0.4, -0.2) is 31.6 Å². The summed E-state index contributed by atoms with van der Waals surface area (Å²) in [6.45, 7) is 3.43. The summed E-state index contributed by atoms with van der Waals surface area (Å²) >= 11 is 0. The predicted octanol–water partition coefficient (Wildman–Crippen LogP) is 3.13. The van der Waals surface area contributed by atoms with E-state index >= 15 is 0 Å². The number of ether oxygens (including phenoxy) is 1. The molecule has 1 aliphatic heterocycles. The maximum Gasteiger partial charge on any atom is 0.319 e. The third-order valence-corrected chi connectivity index (χ3v) is 4.51. The van der Waals surface area contributed by atoms with Crippen molar-refractivity contribution in [2.75, 3.05) is 29.9 Å². The van der Waals surface area contributed by atoms with E-state index < -0.39 is 6.03 Å². The van der Waals surface area contributed by atoms with Gasteiger partial charge in [-0.25, -0.2) is 4.79 Å². The number of carbonyl (C=O) groups is 2. The number of para-hydroxylation sites is 1. The first-order valence-corrected chi connectivity index (χ1v) is 9.18. The first-order valence-electron chi connectivity index (χ1n) is 9.18. The molecule has 1 heterocycles. The van der Waals surface area contributed by atoms with Crippen LogP contribution in [0.4, 0.5) is 16.2 Å². The SMILES string of the molecule is CCOc1ccc(N2CC(CNC(=O)Nc3ccccc3C#N)CC2=O)cc1. The van der Waals surface area contributed by atoms with E-state index in [2.05, 4.69) is 10.6 Å². The third kappa shape index (κ3) is 4.60. The fourth-order valence-corrected chi connectivity index (χ4v) is 3.15. The Morgan fingerprint density at radius 2 is 2.00 bits per heavy atom. The molecule has 3 amide bonds. The van der Waals surface area contributed by atoms with Crippen molar-refractivity contribution in [1.82, 2.24) is 5.32 Å². The smallest absolute Gasteiger partial charge is 0.319 e. The Kier molecular flexibility index (Phi) is 6.12. The van der Waals surface area contributed by atoms with Crippen LogP contribution in [0.3, 0.4) is 0 Å². The highest BCUT2D eigenvalue weighted by atomic mass is 16.5. The Morgan fingerprint density at radius 1 is 1.25 bits per heavy atom. The first kappa shape index (κ1) is 19.2. The Balaban J connectivity index is 1.53. The summed E-state index contributed by atoms with van der Waals surface area (Å²) in [7, 11) is 0. The summed E-state index contributed by atoms with van der Waals surface area (Å²) < 4.78 is 5.42. The zero-order chi connectivity index (χ0) is 19.9. The van der Waals surface area contributed by atoms with E-state index in [1.807, 2.05) is 37.3 Å². The number of benzene rings is 2. The van der Waals surface area contributed by atoms with Gasteiger partial charge in [-0.3, -0.25) is 4.79 Å². The van der Waals surface area contributed by atoms with Crippen LogP contribution in [0.1, 0.15) is 18.9 Å². The van der Waals surface area contributed by atoms with Crippen LogP contribution in [0.25, 0.3) is 0 Å². The molecule has 0 aromatic heterocycles. The third-order valence-electron chi connectivity index (χ3n) is 4.51. The van der Waals surface area contributed by atoms with Gasteiger partial charge in [0.1, 0.15) is 11.8 Å². The summed E-state index contributed by atoms with van der Waals surface area (Å²) in [5, 5.41) is 14.5. The minimum atomic E-state index is -0.394. The van der Waals surface area contributed by atoms with Gasteiger partial charge >= 0.3 is 6.03 Å². The number of urea groups is 1. The standard InChI is InChI=1S/C21H22N4O3/c1-2-28-18-9-7-17(8-10-18)25-14-15(11-20(25)26)13-23-21(27)24-19-6-4-3-5-16(19)12-22/h3-10,15H,2,11,13-14H2,1H3,(H2,23,24,27). The molecule has 1 fully saturated rings. The van der Waals surface area contributed by atoms with Crippen LogP contribution in [0.5, 0.6) is 5.75 Å². The first-order chi connectivity index (χ1) is 13.6. The normalized spacial score (nSPS) is 15.8. The minimum Gasteiger partial charge on any atom is -0.494 e. The number of nitrogens with one attached hydrogen (secondary N) is 2. The van der Waals surface area contributed by atoms with E-state index in [4.69, 9.17) is 10.00 Å². The Hall–Kier alpha value is -3.53. The molecule has 1 atom stereocenters. The topological polar surface area (TPSA) is 94.5 Å². The van der Waals surface area contributed by atoms with Gasteiger partial charge in [-0.1, -0.05) is 12.1 Å². The summed E-state index contributed by atoms with van der Waals surface area (Å²) in [5.74, 6) is 0.827. The molecule has 0 saturated carbocycles. The number of rotatable bonds is 6. The summed E-state index contributed by atoms with van der Waals surface area (Å²) in [6, 6.07) is 15.9. The maximum absolute atomic E-state index is 12.3. The van der Waals surface area contributed by atoms with Crippen molar-refractivity contribution < 1.29 is 14.3 Å². The predicted molar refractivity (Wildman–Crippen MR) is 106 cm³/mol. The van der Waals surface area contributed by atoms with E-state index in [1.165, 1.54) is 0 Å². The van der Waals surface area contributed by atoms with Gasteiger partial charge in [-0.15, -0.1) is 0 Å². The highest BCUT2D eigenvalue weighted by Gasteiger charge is 2.30. The number of nitrogens with zero attached hydrogens (tertiary/aromatic N) is 2. The molecule has 0 radical (unpaired) electrons. The minimum absolute atomic E-state index is 0.0241. The van der Waals surface area contributed by atoms with Crippen molar-refractivity contribution >= 4 is 23.3 Å². The molecule has 2 aromatic rings. The molecule has 1 saturated heterocycles. The lowest BCUT2D eigenvalue weighted by Gasteiger charge is -2.17. The van der Waals surface area contributed by atoms with Gasteiger partial charge in [-0.2, -0.15) is 5.26 Å². The fraction of sp³-hybridized carbons (Fsp3) is 0.286. The number of hydrogen-bond donors (Lipinski definition) is 2. The van der Waals surface area contributed by atoms with E-state index in [-0.39, 0.29) is 11.8 Å². The summed E-state index contributed by atoms with van der Waals surface area (Å²) in [6.07, 6.45) is 0.377. The van der Waals surface area contributed by atoms with Crippen LogP contribution in [0.15, 0.2) is 48.5 Å². The number of nitriles is 1. The molecule has 3 rings (SSSR count). The van der Waals surface area contributed by atoms with E-state index in [0.717, 1.165) is 11.4 Å². The second kappa shape index (κ2) is 8.91. The van der Waals surface area contributed by atoms with Crippen molar-refractivity contribution in [2.24, 2.45) is 5.92 Å². The van der Waals surface area contributed by atoms with Crippen LogP contribution in [0, 0.1) is 17.2 Å². The Labute approximate surface area is 163 Å². The van der Waals surface area contributed by atoms with Crippen molar-refractivity contribution in [1.29, 1.82) is 5.26 Å². The second-order valence-corrected chi connectivity index (χ2v) is 6.49. The average Bonchev–Trinajstić information content (AvgIpc) is 3.08. The molecular formula is C21H22N4O3. The zero-order valence-electron chi connectivity index (χ0n) is 15.6. The molecule has 1 unspecified atom stereocenters.